The molecule has 0 aliphatic carbocycles. The first kappa shape index (κ1) is 9.78. The molecule has 1 atom stereocenters. The summed E-state index contributed by atoms with van der Waals surface area (Å²) >= 11 is 2.46. The highest BCUT2D eigenvalue weighted by Gasteiger charge is 2.14. The van der Waals surface area contributed by atoms with Crippen LogP contribution in [0.3, 0.4) is 0 Å². The molecule has 0 aromatic heterocycles. The molecule has 66 valence electrons. The zero-order valence-electron chi connectivity index (χ0n) is 7.35. The summed E-state index contributed by atoms with van der Waals surface area (Å²) < 4.78 is 1.31. The number of rotatable bonds is 3. The number of hydrogen-bond donors (Lipinski definition) is 0. The second kappa shape index (κ2) is 5.36. The predicted molar refractivity (Wildman–Crippen MR) is 58.3 cm³/mol. The minimum Gasteiger partial charge on any atom is -0.303 e. The van der Waals surface area contributed by atoms with Crippen LogP contribution in [0, 0.1) is 5.92 Å². The summed E-state index contributed by atoms with van der Waals surface area (Å²) in [5.74, 6) is 0.943. The zero-order chi connectivity index (χ0) is 8.10. The lowest BCUT2D eigenvalue weighted by atomic mass is 10.0. The topological polar surface area (TPSA) is 3.24 Å². The fraction of sp³-hybridized carbons (Fsp3) is 1.00. The van der Waals surface area contributed by atoms with Crippen molar-refractivity contribution in [2.75, 3.05) is 24.1 Å². The Morgan fingerprint density at radius 1 is 1.55 bits per heavy atom. The quantitative estimate of drug-likeness (QED) is 0.561. The van der Waals surface area contributed by atoms with E-state index in [0.29, 0.717) is 0 Å². The van der Waals surface area contributed by atoms with Gasteiger partial charge in [-0.25, -0.2) is 0 Å². The molecule has 2 heteroatoms. The molecule has 1 fully saturated rings. The maximum Gasteiger partial charge on any atom is 0.000744 e. The van der Waals surface area contributed by atoms with Gasteiger partial charge >= 0.3 is 0 Å². The van der Waals surface area contributed by atoms with Gasteiger partial charge in [0.25, 0.3) is 0 Å². The molecule has 0 saturated carbocycles. The van der Waals surface area contributed by atoms with E-state index in [4.69, 9.17) is 0 Å². The molecule has 11 heavy (non-hydrogen) atoms. The zero-order valence-corrected chi connectivity index (χ0v) is 9.51. The Labute approximate surface area is 83.7 Å². The van der Waals surface area contributed by atoms with Gasteiger partial charge < -0.3 is 4.90 Å². The number of nitrogens with zero attached hydrogens (tertiary/aromatic N) is 1. The fourth-order valence-electron chi connectivity index (χ4n) is 1.77. The minimum absolute atomic E-state index is 0.943. The van der Waals surface area contributed by atoms with Gasteiger partial charge in [-0.2, -0.15) is 0 Å². The van der Waals surface area contributed by atoms with Crippen molar-refractivity contribution in [2.24, 2.45) is 5.92 Å². The lowest BCUT2D eigenvalue weighted by molar-refractivity contribution is 0.185. The van der Waals surface area contributed by atoms with E-state index >= 15 is 0 Å². The van der Waals surface area contributed by atoms with Crippen LogP contribution in [-0.2, 0) is 0 Å². The number of hydrogen-bond acceptors (Lipinski definition) is 1. The molecule has 0 aromatic rings. The normalized spacial score (nSPS) is 27.3. The van der Waals surface area contributed by atoms with E-state index in [9.17, 15) is 0 Å². The van der Waals surface area contributed by atoms with Crippen LogP contribution in [-0.4, -0.2) is 29.0 Å². The van der Waals surface area contributed by atoms with Gasteiger partial charge in [0.1, 0.15) is 0 Å². The lowest BCUT2D eigenvalue weighted by Gasteiger charge is -2.30. The molecule has 0 aromatic carbocycles. The predicted octanol–water partition coefficient (Wildman–Crippen LogP) is 2.54. The molecule has 0 spiro atoms. The Kier molecular flexibility index (Phi) is 4.76. The van der Waals surface area contributed by atoms with Crippen LogP contribution < -0.4 is 0 Å². The standard InChI is InChI=1S/C9H18IN/c1-9-4-2-6-11(8-9)7-3-5-10/h9H,2-8H2,1H3/t9-/m0/s1. The summed E-state index contributed by atoms with van der Waals surface area (Å²) in [6.45, 7) is 6.39. The summed E-state index contributed by atoms with van der Waals surface area (Å²) in [6.07, 6.45) is 4.23. The Morgan fingerprint density at radius 3 is 3.00 bits per heavy atom. The third-order valence-electron chi connectivity index (χ3n) is 2.35. The summed E-state index contributed by atoms with van der Waals surface area (Å²) in [5, 5.41) is 0. The van der Waals surface area contributed by atoms with Crippen LogP contribution in [0.2, 0.25) is 0 Å². The van der Waals surface area contributed by atoms with Gasteiger partial charge in [0, 0.05) is 11.0 Å². The fourth-order valence-corrected chi connectivity index (χ4v) is 2.11. The van der Waals surface area contributed by atoms with Crippen molar-refractivity contribution in [3.05, 3.63) is 0 Å². The van der Waals surface area contributed by atoms with Crippen molar-refractivity contribution in [1.29, 1.82) is 0 Å². The summed E-state index contributed by atoms with van der Waals surface area (Å²) in [6, 6.07) is 0. The summed E-state index contributed by atoms with van der Waals surface area (Å²) in [7, 11) is 0. The Balaban J connectivity index is 2.12. The lowest BCUT2D eigenvalue weighted by Crippen LogP contribution is -2.35. The van der Waals surface area contributed by atoms with E-state index < -0.39 is 0 Å². The van der Waals surface area contributed by atoms with Crippen LogP contribution in [0.25, 0.3) is 0 Å². The van der Waals surface area contributed by atoms with Gasteiger partial charge in [0.15, 0.2) is 0 Å². The summed E-state index contributed by atoms with van der Waals surface area (Å²) in [4.78, 5) is 2.62. The first-order valence-corrected chi connectivity index (χ1v) is 6.14. The Bertz CT molecular complexity index is 106. The summed E-state index contributed by atoms with van der Waals surface area (Å²) in [5.41, 5.74) is 0. The van der Waals surface area contributed by atoms with Gasteiger partial charge in [0.2, 0.25) is 0 Å². The highest BCUT2D eigenvalue weighted by Crippen LogP contribution is 2.15. The van der Waals surface area contributed by atoms with E-state index in [0.717, 1.165) is 5.92 Å². The maximum absolute atomic E-state index is 2.62. The van der Waals surface area contributed by atoms with E-state index in [1.165, 1.54) is 43.3 Å². The van der Waals surface area contributed by atoms with Gasteiger partial charge in [0.05, 0.1) is 0 Å². The van der Waals surface area contributed by atoms with E-state index in [1.807, 2.05) is 0 Å². The highest BCUT2D eigenvalue weighted by atomic mass is 127. The van der Waals surface area contributed by atoms with Crippen molar-refractivity contribution < 1.29 is 0 Å². The molecule has 0 radical (unpaired) electrons. The van der Waals surface area contributed by atoms with Crippen molar-refractivity contribution in [1.82, 2.24) is 4.90 Å². The van der Waals surface area contributed by atoms with Crippen LogP contribution in [0.5, 0.6) is 0 Å². The number of likely N-dealkylation sites (tertiary alicyclic amines) is 1. The minimum atomic E-state index is 0.943. The van der Waals surface area contributed by atoms with Crippen LogP contribution in [0.15, 0.2) is 0 Å². The highest BCUT2D eigenvalue weighted by molar-refractivity contribution is 14.1. The molecule has 0 N–H and O–H groups in total. The first-order valence-electron chi connectivity index (χ1n) is 4.61. The number of halogens is 1. The molecule has 0 unspecified atom stereocenters. The van der Waals surface area contributed by atoms with E-state index in [2.05, 4.69) is 34.4 Å². The SMILES string of the molecule is C[C@H]1CCCN(CCCI)C1. The molecule has 0 amide bonds. The second-order valence-corrected chi connectivity index (χ2v) is 4.67. The van der Waals surface area contributed by atoms with Gasteiger partial charge in [-0.3, -0.25) is 0 Å². The third kappa shape index (κ3) is 3.74. The Morgan fingerprint density at radius 2 is 2.36 bits per heavy atom. The number of piperidine rings is 1. The third-order valence-corrected chi connectivity index (χ3v) is 3.11. The first-order chi connectivity index (χ1) is 5.33. The van der Waals surface area contributed by atoms with Crippen LogP contribution in [0.1, 0.15) is 26.2 Å². The van der Waals surface area contributed by atoms with Crippen molar-refractivity contribution in [3.8, 4) is 0 Å². The molecule has 1 saturated heterocycles. The van der Waals surface area contributed by atoms with Crippen molar-refractivity contribution >= 4 is 22.6 Å². The average Bonchev–Trinajstić information content (AvgIpc) is 2.01. The van der Waals surface area contributed by atoms with E-state index in [-0.39, 0.29) is 0 Å². The molecule has 1 heterocycles. The van der Waals surface area contributed by atoms with Gasteiger partial charge in [-0.15, -0.1) is 0 Å². The monoisotopic (exact) mass is 267 g/mol. The van der Waals surface area contributed by atoms with Gasteiger partial charge in [-0.1, -0.05) is 29.5 Å². The maximum atomic E-state index is 2.62. The molecule has 0 bridgehead atoms. The van der Waals surface area contributed by atoms with Gasteiger partial charge in [-0.05, 0) is 38.3 Å². The number of alkyl halides is 1. The van der Waals surface area contributed by atoms with Crippen molar-refractivity contribution in [3.63, 3.8) is 0 Å². The second-order valence-electron chi connectivity index (χ2n) is 3.59. The van der Waals surface area contributed by atoms with Crippen LogP contribution >= 0.6 is 22.6 Å². The average molecular weight is 267 g/mol. The van der Waals surface area contributed by atoms with Crippen molar-refractivity contribution in [2.45, 2.75) is 26.2 Å². The molecule has 1 aliphatic heterocycles. The molecule has 1 aliphatic rings. The molecular formula is C9H18IN. The Hall–Kier alpha value is 0.690. The molecule has 1 nitrogen and oxygen atoms in total. The largest absolute Gasteiger partial charge is 0.303 e. The molecular weight excluding hydrogens is 249 g/mol. The smallest absolute Gasteiger partial charge is 0.000744 e. The van der Waals surface area contributed by atoms with E-state index in [1.54, 1.807) is 0 Å². The molecule has 1 rings (SSSR count). The van der Waals surface area contributed by atoms with Crippen LogP contribution in [0.4, 0.5) is 0 Å².